The molecule has 0 radical (unpaired) electrons. The molecule has 25 heavy (non-hydrogen) atoms. The van der Waals surface area contributed by atoms with Crippen LogP contribution in [0.15, 0.2) is 29.3 Å². The number of nitrogen functional groups attached to an aromatic ring is 1. The molecule has 126 valence electrons. The number of pyridine rings is 1. The number of anilines is 2. The van der Waals surface area contributed by atoms with Crippen LogP contribution in [0.2, 0.25) is 0 Å². The Labute approximate surface area is 146 Å². The van der Waals surface area contributed by atoms with Gasteiger partial charge in [-0.1, -0.05) is 11.8 Å². The standard InChI is InChI=1S/C16H11F2N5OS/c1-8(15(24)22-11-2-3-12(17)13(18)5-11)25-16-10(7-20)4-9(6-19)14(21)23-16/h2-5,8H,1H3,(H2,21,23)(H,22,24)/p+1/t8-/m1/s1. The summed E-state index contributed by atoms with van der Waals surface area (Å²) in [4.78, 5) is 14.9. The number of nitriles is 2. The van der Waals surface area contributed by atoms with Gasteiger partial charge in [-0.15, -0.1) is 0 Å². The quantitative estimate of drug-likeness (QED) is 0.811. The van der Waals surface area contributed by atoms with Gasteiger partial charge in [-0.25, -0.2) is 13.8 Å². The fourth-order valence-corrected chi connectivity index (χ4v) is 2.78. The molecule has 2 aromatic rings. The number of halogens is 2. The Morgan fingerprint density at radius 2 is 1.92 bits per heavy atom. The highest BCUT2D eigenvalue weighted by atomic mass is 32.2. The number of hydrogen-bond acceptors (Lipinski definition) is 5. The number of thioether (sulfide) groups is 1. The lowest BCUT2D eigenvalue weighted by molar-refractivity contribution is -0.410. The van der Waals surface area contributed by atoms with Crippen molar-refractivity contribution in [3.8, 4) is 12.1 Å². The highest BCUT2D eigenvalue weighted by Crippen LogP contribution is 2.25. The summed E-state index contributed by atoms with van der Waals surface area (Å²) >= 11 is 1.02. The number of nitrogens with two attached hydrogens (primary N) is 1. The predicted molar refractivity (Wildman–Crippen MR) is 87.1 cm³/mol. The lowest BCUT2D eigenvalue weighted by atomic mass is 10.2. The fraction of sp³-hybridized carbons (Fsp3) is 0.125. The maximum atomic E-state index is 13.2. The second-order valence-corrected chi connectivity index (χ2v) is 6.29. The van der Waals surface area contributed by atoms with E-state index < -0.39 is 22.8 Å². The Morgan fingerprint density at radius 3 is 2.52 bits per heavy atom. The summed E-state index contributed by atoms with van der Waals surface area (Å²) in [5.74, 6) is -2.48. The van der Waals surface area contributed by atoms with Gasteiger partial charge in [0.15, 0.2) is 16.7 Å². The van der Waals surface area contributed by atoms with Crippen LogP contribution in [0.3, 0.4) is 0 Å². The van der Waals surface area contributed by atoms with Crippen LogP contribution in [0.1, 0.15) is 18.1 Å². The van der Waals surface area contributed by atoms with Gasteiger partial charge in [0, 0.05) is 11.8 Å². The van der Waals surface area contributed by atoms with Gasteiger partial charge in [0.2, 0.25) is 5.91 Å². The molecule has 0 fully saturated rings. The average molecular weight is 360 g/mol. The van der Waals surface area contributed by atoms with Crippen molar-refractivity contribution in [2.45, 2.75) is 17.2 Å². The molecule has 1 aromatic heterocycles. The van der Waals surface area contributed by atoms with E-state index in [0.29, 0.717) is 5.03 Å². The highest BCUT2D eigenvalue weighted by molar-refractivity contribution is 8.00. The van der Waals surface area contributed by atoms with Gasteiger partial charge in [0.1, 0.15) is 23.3 Å². The Balaban J connectivity index is 2.16. The third-order valence-electron chi connectivity index (χ3n) is 3.16. The molecule has 1 aromatic carbocycles. The number of H-pyrrole nitrogens is 1. The van der Waals surface area contributed by atoms with Crippen molar-refractivity contribution >= 4 is 29.2 Å². The van der Waals surface area contributed by atoms with Crippen LogP contribution in [-0.2, 0) is 4.79 Å². The lowest BCUT2D eigenvalue weighted by Crippen LogP contribution is -2.25. The second-order valence-electron chi connectivity index (χ2n) is 4.94. The number of carbonyl (C=O) groups is 1. The van der Waals surface area contributed by atoms with E-state index in [1.54, 1.807) is 6.92 Å². The van der Waals surface area contributed by atoms with Crippen LogP contribution in [0.25, 0.3) is 0 Å². The summed E-state index contributed by atoms with van der Waals surface area (Å²) in [6, 6.07) is 8.12. The van der Waals surface area contributed by atoms with Gasteiger partial charge in [0.05, 0.1) is 5.25 Å². The van der Waals surface area contributed by atoms with E-state index in [-0.39, 0.29) is 22.6 Å². The van der Waals surface area contributed by atoms with Crippen LogP contribution < -0.4 is 16.0 Å². The topological polar surface area (TPSA) is 117 Å². The number of hydrogen-bond donors (Lipinski definition) is 2. The summed E-state index contributed by atoms with van der Waals surface area (Å²) in [6.07, 6.45) is 0. The minimum absolute atomic E-state index is 0.0808. The van der Waals surface area contributed by atoms with E-state index in [9.17, 15) is 13.6 Å². The SMILES string of the molecule is C[C@@H](Sc1[nH+]c(N)c(C#N)cc1C#N)C(=O)Nc1ccc(F)c(F)c1. The van der Waals surface area contributed by atoms with E-state index in [1.807, 2.05) is 12.1 Å². The monoisotopic (exact) mass is 360 g/mol. The first-order valence-corrected chi connectivity index (χ1v) is 7.82. The second kappa shape index (κ2) is 7.60. The zero-order valence-electron chi connectivity index (χ0n) is 12.9. The van der Waals surface area contributed by atoms with Crippen LogP contribution in [-0.4, -0.2) is 11.2 Å². The number of nitrogens with one attached hydrogen (secondary N) is 2. The predicted octanol–water partition coefficient (Wildman–Crippen LogP) is 2.22. The fourth-order valence-electron chi connectivity index (χ4n) is 1.86. The zero-order chi connectivity index (χ0) is 18.6. The van der Waals surface area contributed by atoms with Crippen molar-refractivity contribution in [1.82, 2.24) is 0 Å². The number of benzene rings is 1. The molecule has 6 nitrogen and oxygen atoms in total. The molecule has 0 bridgehead atoms. The number of aromatic nitrogens is 1. The Kier molecular flexibility index (Phi) is 5.52. The smallest absolute Gasteiger partial charge is 0.289 e. The van der Waals surface area contributed by atoms with E-state index in [4.69, 9.17) is 16.3 Å². The van der Waals surface area contributed by atoms with E-state index in [1.165, 1.54) is 12.1 Å². The maximum Gasteiger partial charge on any atom is 0.289 e. The van der Waals surface area contributed by atoms with E-state index in [2.05, 4.69) is 10.3 Å². The third kappa shape index (κ3) is 4.22. The molecular weight excluding hydrogens is 348 g/mol. The first-order valence-electron chi connectivity index (χ1n) is 6.94. The number of carbonyl (C=O) groups excluding carboxylic acids is 1. The van der Waals surface area contributed by atoms with Gasteiger partial charge < -0.3 is 5.32 Å². The minimum Gasteiger partial charge on any atom is -0.325 e. The molecule has 1 heterocycles. The maximum absolute atomic E-state index is 13.2. The van der Waals surface area contributed by atoms with Gasteiger partial charge in [-0.3, -0.25) is 10.5 Å². The van der Waals surface area contributed by atoms with Crippen molar-refractivity contribution in [3.05, 3.63) is 47.0 Å². The Bertz CT molecular complexity index is 920. The van der Waals surface area contributed by atoms with Crippen molar-refractivity contribution in [1.29, 1.82) is 10.5 Å². The van der Waals surface area contributed by atoms with Gasteiger partial charge in [0.25, 0.3) is 5.82 Å². The summed E-state index contributed by atoms with van der Waals surface area (Å²) in [7, 11) is 0. The molecule has 0 saturated heterocycles. The number of aromatic amines is 1. The average Bonchev–Trinajstić information content (AvgIpc) is 2.58. The molecule has 0 aliphatic carbocycles. The molecule has 0 spiro atoms. The molecular formula is C16H12F2N5OS+. The first kappa shape index (κ1) is 18.2. The summed E-state index contributed by atoms with van der Waals surface area (Å²) in [5, 5.41) is 20.2. The molecule has 1 atom stereocenters. The van der Waals surface area contributed by atoms with Crippen LogP contribution in [0.5, 0.6) is 0 Å². The first-order chi connectivity index (χ1) is 11.8. The molecule has 2 rings (SSSR count). The third-order valence-corrected chi connectivity index (χ3v) is 4.29. The minimum atomic E-state index is -1.07. The molecule has 0 saturated carbocycles. The van der Waals surface area contributed by atoms with Crippen LogP contribution in [0, 0.1) is 34.3 Å². The normalized spacial score (nSPS) is 11.2. The van der Waals surface area contributed by atoms with Crippen LogP contribution in [0.4, 0.5) is 20.3 Å². The van der Waals surface area contributed by atoms with Crippen LogP contribution >= 0.6 is 11.8 Å². The Hall–Kier alpha value is -3.17. The molecule has 9 heteroatoms. The molecule has 0 aliphatic heterocycles. The highest BCUT2D eigenvalue weighted by Gasteiger charge is 2.21. The van der Waals surface area contributed by atoms with Crippen molar-refractivity contribution < 1.29 is 18.6 Å². The summed E-state index contributed by atoms with van der Waals surface area (Å²) in [6.45, 7) is 1.57. The van der Waals surface area contributed by atoms with E-state index >= 15 is 0 Å². The zero-order valence-corrected chi connectivity index (χ0v) is 13.7. The lowest BCUT2D eigenvalue weighted by Gasteiger charge is -2.11. The van der Waals surface area contributed by atoms with E-state index in [0.717, 1.165) is 23.9 Å². The molecule has 1 amide bonds. The van der Waals surface area contributed by atoms with Crippen molar-refractivity contribution in [2.24, 2.45) is 0 Å². The molecule has 4 N–H and O–H groups in total. The summed E-state index contributed by atoms with van der Waals surface area (Å²) < 4.78 is 26.1. The van der Waals surface area contributed by atoms with Gasteiger partial charge >= 0.3 is 0 Å². The Morgan fingerprint density at radius 1 is 1.24 bits per heavy atom. The van der Waals surface area contributed by atoms with Crippen molar-refractivity contribution in [3.63, 3.8) is 0 Å². The van der Waals surface area contributed by atoms with Gasteiger partial charge in [-0.05, 0) is 25.1 Å². The van der Waals surface area contributed by atoms with Gasteiger partial charge in [-0.2, -0.15) is 10.5 Å². The van der Waals surface area contributed by atoms with Crippen molar-refractivity contribution in [2.75, 3.05) is 11.1 Å². The number of amides is 1. The number of rotatable bonds is 4. The largest absolute Gasteiger partial charge is 0.325 e. The molecule has 0 aliphatic rings. The molecule has 0 unspecified atom stereocenters. The number of nitrogens with zero attached hydrogens (tertiary/aromatic N) is 2. The summed E-state index contributed by atoms with van der Waals surface area (Å²) in [5.41, 5.74) is 6.09.